The highest BCUT2D eigenvalue weighted by molar-refractivity contribution is 4.98. The van der Waals surface area contributed by atoms with Crippen molar-refractivity contribution in [2.24, 2.45) is 11.3 Å². The monoisotopic (exact) mass is 268 g/mol. The molecule has 3 atom stereocenters. The quantitative estimate of drug-likeness (QED) is 0.855. The van der Waals surface area contributed by atoms with E-state index in [4.69, 9.17) is 9.47 Å². The first-order valence-electron chi connectivity index (χ1n) is 8.10. The molecule has 0 radical (unpaired) electrons. The second-order valence-electron chi connectivity index (χ2n) is 6.95. The third-order valence-corrected chi connectivity index (χ3v) is 5.98. The fraction of sp³-hybridized carbons (Fsp3) is 1.00. The lowest BCUT2D eigenvalue weighted by Gasteiger charge is -2.44. The largest absolute Gasteiger partial charge is 0.392 e. The van der Waals surface area contributed by atoms with E-state index in [0.29, 0.717) is 5.92 Å². The summed E-state index contributed by atoms with van der Waals surface area (Å²) >= 11 is 0. The first-order valence-corrected chi connectivity index (χ1v) is 8.10. The van der Waals surface area contributed by atoms with E-state index in [1.54, 1.807) is 0 Å². The summed E-state index contributed by atoms with van der Waals surface area (Å²) in [6.07, 6.45) is 9.02. The van der Waals surface area contributed by atoms with Crippen LogP contribution in [0.4, 0.5) is 0 Å². The molecule has 3 rings (SSSR count). The van der Waals surface area contributed by atoms with Gasteiger partial charge in [0.1, 0.15) is 0 Å². The van der Waals surface area contributed by atoms with Crippen LogP contribution >= 0.6 is 0 Å². The summed E-state index contributed by atoms with van der Waals surface area (Å²) < 4.78 is 11.5. The van der Waals surface area contributed by atoms with Gasteiger partial charge in [0, 0.05) is 19.6 Å². The van der Waals surface area contributed by atoms with Gasteiger partial charge in [-0.25, -0.2) is 0 Å². The van der Waals surface area contributed by atoms with Crippen molar-refractivity contribution in [3.63, 3.8) is 0 Å². The molecule has 1 aliphatic carbocycles. The van der Waals surface area contributed by atoms with E-state index in [9.17, 15) is 5.11 Å². The summed E-state index contributed by atoms with van der Waals surface area (Å²) in [6, 6.07) is 0. The Morgan fingerprint density at radius 3 is 2.63 bits per heavy atom. The van der Waals surface area contributed by atoms with Crippen molar-refractivity contribution in [1.82, 2.24) is 0 Å². The molecular formula is C16H28O3. The Kier molecular flexibility index (Phi) is 3.89. The smallest absolute Gasteiger partial charge is 0.0940 e. The minimum Gasteiger partial charge on any atom is -0.392 e. The average Bonchev–Trinajstić information content (AvgIpc) is 3.08. The van der Waals surface area contributed by atoms with E-state index in [1.807, 2.05) is 0 Å². The fourth-order valence-electron chi connectivity index (χ4n) is 4.64. The van der Waals surface area contributed by atoms with Gasteiger partial charge in [0.25, 0.3) is 0 Å². The predicted octanol–water partition coefficient (Wildman–Crippen LogP) is 2.90. The van der Waals surface area contributed by atoms with Crippen LogP contribution in [0.3, 0.4) is 0 Å². The molecule has 1 N–H and O–H groups in total. The van der Waals surface area contributed by atoms with Crippen LogP contribution in [0, 0.1) is 11.3 Å². The SMILES string of the molecule is CCC1(C(O)C2CCOC3(CCOC3)C2)CCCC1. The van der Waals surface area contributed by atoms with Gasteiger partial charge in [-0.05, 0) is 43.4 Å². The van der Waals surface area contributed by atoms with Crippen molar-refractivity contribution in [3.8, 4) is 0 Å². The maximum atomic E-state index is 11.0. The summed E-state index contributed by atoms with van der Waals surface area (Å²) in [7, 11) is 0. The van der Waals surface area contributed by atoms with Crippen molar-refractivity contribution in [1.29, 1.82) is 0 Å². The molecular weight excluding hydrogens is 240 g/mol. The highest BCUT2D eigenvalue weighted by Gasteiger charge is 2.48. The molecule has 2 saturated heterocycles. The van der Waals surface area contributed by atoms with Crippen LogP contribution in [0.25, 0.3) is 0 Å². The summed E-state index contributed by atoms with van der Waals surface area (Å²) in [4.78, 5) is 0. The second kappa shape index (κ2) is 5.34. The molecule has 3 fully saturated rings. The number of ether oxygens (including phenoxy) is 2. The third-order valence-electron chi connectivity index (χ3n) is 5.98. The fourth-order valence-corrected chi connectivity index (χ4v) is 4.64. The molecule has 0 aromatic rings. The van der Waals surface area contributed by atoms with Gasteiger partial charge in [-0.1, -0.05) is 19.8 Å². The van der Waals surface area contributed by atoms with E-state index in [2.05, 4.69) is 6.92 Å². The Hall–Kier alpha value is -0.120. The Labute approximate surface area is 116 Å². The zero-order valence-corrected chi connectivity index (χ0v) is 12.2. The van der Waals surface area contributed by atoms with E-state index in [1.165, 1.54) is 25.7 Å². The van der Waals surface area contributed by atoms with Crippen LogP contribution in [-0.4, -0.2) is 36.6 Å². The van der Waals surface area contributed by atoms with Crippen LogP contribution < -0.4 is 0 Å². The van der Waals surface area contributed by atoms with E-state index >= 15 is 0 Å². The first-order chi connectivity index (χ1) is 9.20. The second-order valence-corrected chi connectivity index (χ2v) is 6.95. The number of aliphatic hydroxyl groups is 1. The lowest BCUT2D eigenvalue weighted by atomic mass is 9.69. The van der Waals surface area contributed by atoms with Crippen LogP contribution in [-0.2, 0) is 9.47 Å². The van der Waals surface area contributed by atoms with E-state index in [-0.39, 0.29) is 17.1 Å². The van der Waals surface area contributed by atoms with Gasteiger partial charge in [-0.3, -0.25) is 0 Å². The molecule has 1 spiro atoms. The molecule has 0 bridgehead atoms. The molecule has 1 saturated carbocycles. The molecule has 110 valence electrons. The minimum absolute atomic E-state index is 0.0720. The molecule has 2 heterocycles. The Balaban J connectivity index is 1.70. The molecule has 3 aliphatic rings. The van der Waals surface area contributed by atoms with Gasteiger partial charge in [-0.2, -0.15) is 0 Å². The first kappa shape index (κ1) is 13.8. The van der Waals surface area contributed by atoms with Crippen LogP contribution in [0.2, 0.25) is 0 Å². The summed E-state index contributed by atoms with van der Waals surface area (Å²) in [5.41, 5.74) is 0.125. The minimum atomic E-state index is -0.138. The Bertz CT molecular complexity index is 303. The summed E-state index contributed by atoms with van der Waals surface area (Å²) in [5.74, 6) is 0.411. The van der Waals surface area contributed by atoms with Gasteiger partial charge in [0.05, 0.1) is 18.3 Å². The van der Waals surface area contributed by atoms with Crippen molar-refractivity contribution < 1.29 is 14.6 Å². The number of hydrogen-bond acceptors (Lipinski definition) is 3. The van der Waals surface area contributed by atoms with Crippen molar-refractivity contribution in [2.45, 2.75) is 70.0 Å². The van der Waals surface area contributed by atoms with Crippen LogP contribution in [0.1, 0.15) is 58.3 Å². The molecule has 0 aromatic carbocycles. The summed E-state index contributed by atoms with van der Waals surface area (Å²) in [5, 5.41) is 11.0. The number of rotatable bonds is 3. The van der Waals surface area contributed by atoms with Gasteiger partial charge in [0.2, 0.25) is 0 Å². The number of hydrogen-bond donors (Lipinski definition) is 1. The normalized spacial score (nSPS) is 39.8. The lowest BCUT2D eigenvalue weighted by molar-refractivity contribution is -0.135. The predicted molar refractivity (Wildman–Crippen MR) is 74.0 cm³/mol. The zero-order chi connectivity index (χ0) is 13.3. The van der Waals surface area contributed by atoms with E-state index in [0.717, 1.165) is 45.5 Å². The molecule has 3 unspecified atom stereocenters. The lowest BCUT2D eigenvalue weighted by Crippen LogP contribution is -2.47. The zero-order valence-electron chi connectivity index (χ0n) is 12.2. The van der Waals surface area contributed by atoms with Crippen molar-refractivity contribution in [3.05, 3.63) is 0 Å². The Morgan fingerprint density at radius 1 is 1.21 bits per heavy atom. The van der Waals surface area contributed by atoms with Crippen molar-refractivity contribution >= 4 is 0 Å². The summed E-state index contributed by atoms with van der Waals surface area (Å²) in [6.45, 7) is 4.60. The van der Waals surface area contributed by atoms with Gasteiger partial charge in [-0.15, -0.1) is 0 Å². The molecule has 0 amide bonds. The maximum Gasteiger partial charge on any atom is 0.0940 e. The molecule has 0 aromatic heterocycles. The highest BCUT2D eigenvalue weighted by Crippen LogP contribution is 2.49. The standard InChI is InChI=1S/C16H28O3/c1-2-15(6-3-4-7-15)14(17)13-5-9-19-16(11-13)8-10-18-12-16/h13-14,17H,2-12H2,1H3. The van der Waals surface area contributed by atoms with Gasteiger partial charge in [0.15, 0.2) is 0 Å². The molecule has 2 aliphatic heterocycles. The van der Waals surface area contributed by atoms with Crippen molar-refractivity contribution in [2.75, 3.05) is 19.8 Å². The van der Waals surface area contributed by atoms with E-state index < -0.39 is 0 Å². The molecule has 3 heteroatoms. The maximum absolute atomic E-state index is 11.0. The Morgan fingerprint density at radius 2 is 2.00 bits per heavy atom. The number of aliphatic hydroxyl groups excluding tert-OH is 1. The average molecular weight is 268 g/mol. The molecule has 3 nitrogen and oxygen atoms in total. The van der Waals surface area contributed by atoms with Crippen LogP contribution in [0.15, 0.2) is 0 Å². The topological polar surface area (TPSA) is 38.7 Å². The van der Waals surface area contributed by atoms with Crippen LogP contribution in [0.5, 0.6) is 0 Å². The van der Waals surface area contributed by atoms with Gasteiger partial charge < -0.3 is 14.6 Å². The van der Waals surface area contributed by atoms with Gasteiger partial charge >= 0.3 is 0 Å². The molecule has 19 heavy (non-hydrogen) atoms. The highest BCUT2D eigenvalue weighted by atomic mass is 16.6. The third kappa shape index (κ3) is 2.45.